The van der Waals surface area contributed by atoms with Gasteiger partial charge in [0.2, 0.25) is 0 Å². The lowest BCUT2D eigenvalue weighted by molar-refractivity contribution is 0.279. The lowest BCUT2D eigenvalue weighted by atomic mass is 9.88. The summed E-state index contributed by atoms with van der Waals surface area (Å²) in [5, 5.41) is 0. The number of allylic oxidation sites excluding steroid dienone is 6. The molecule has 1 aliphatic carbocycles. The van der Waals surface area contributed by atoms with E-state index in [0.29, 0.717) is 5.92 Å². The molecule has 0 saturated carbocycles. The minimum Gasteiger partial charge on any atom is -0.398 e. The Morgan fingerprint density at radius 2 is 1.85 bits per heavy atom. The predicted molar refractivity (Wildman–Crippen MR) is 145 cm³/mol. The number of nitrogens with zero attached hydrogens (tertiary/aromatic N) is 1. The van der Waals surface area contributed by atoms with Gasteiger partial charge in [0, 0.05) is 30.9 Å². The molecule has 178 valence electrons. The highest BCUT2D eigenvalue weighted by molar-refractivity contribution is 5.84. The molecule has 1 heterocycles. The predicted octanol–water partition coefficient (Wildman–Crippen LogP) is 7.52. The van der Waals surface area contributed by atoms with Crippen molar-refractivity contribution >= 4 is 5.57 Å². The zero-order chi connectivity index (χ0) is 24.0. The first-order valence-corrected chi connectivity index (χ1v) is 12.8. The number of nitrogens with two attached hydrogens (primary N) is 1. The number of benzene rings is 1. The average molecular weight is 445 g/mol. The van der Waals surface area contributed by atoms with Crippen LogP contribution in [0.3, 0.4) is 0 Å². The van der Waals surface area contributed by atoms with Crippen molar-refractivity contribution in [2.24, 2.45) is 11.7 Å². The van der Waals surface area contributed by atoms with Gasteiger partial charge in [-0.15, -0.1) is 0 Å². The molecule has 1 fully saturated rings. The van der Waals surface area contributed by atoms with Crippen LogP contribution in [0.5, 0.6) is 0 Å². The average Bonchev–Trinajstić information content (AvgIpc) is 2.90. The van der Waals surface area contributed by atoms with Crippen molar-refractivity contribution in [1.82, 2.24) is 4.90 Å². The van der Waals surface area contributed by atoms with Crippen LogP contribution in [-0.2, 0) is 6.42 Å². The van der Waals surface area contributed by atoms with Gasteiger partial charge in [-0.3, -0.25) is 4.90 Å². The van der Waals surface area contributed by atoms with Crippen LogP contribution in [0.25, 0.3) is 5.57 Å². The summed E-state index contributed by atoms with van der Waals surface area (Å²) >= 11 is 0. The summed E-state index contributed by atoms with van der Waals surface area (Å²) in [5.41, 5.74) is 19.0. The largest absolute Gasteiger partial charge is 0.398 e. The minimum atomic E-state index is 0.628. The molecule has 1 unspecified atom stereocenters. The third kappa shape index (κ3) is 6.60. The first-order chi connectivity index (χ1) is 15.8. The molecule has 2 N–H and O–H groups in total. The van der Waals surface area contributed by atoms with Crippen molar-refractivity contribution in [2.75, 3.05) is 19.6 Å². The Bertz CT molecular complexity index is 986. The van der Waals surface area contributed by atoms with Crippen LogP contribution in [0.1, 0.15) is 77.0 Å². The fourth-order valence-electron chi connectivity index (χ4n) is 5.11. The second-order valence-corrected chi connectivity index (χ2v) is 10.2. The summed E-state index contributed by atoms with van der Waals surface area (Å²) in [6.45, 7) is 16.5. The minimum absolute atomic E-state index is 0.628. The number of fused-ring (bicyclic) bond motifs is 1. The van der Waals surface area contributed by atoms with Gasteiger partial charge in [0.15, 0.2) is 0 Å². The zero-order valence-electron chi connectivity index (χ0n) is 21.8. The second kappa shape index (κ2) is 11.7. The number of rotatable bonds is 6. The Morgan fingerprint density at radius 3 is 2.48 bits per heavy atom. The van der Waals surface area contributed by atoms with Gasteiger partial charge in [-0.25, -0.2) is 0 Å². The molecule has 0 aromatic heterocycles. The number of likely N-dealkylation sites (tertiary alicyclic amines) is 1. The Labute approximate surface area is 202 Å². The lowest BCUT2D eigenvalue weighted by Crippen LogP contribution is -2.33. The first-order valence-electron chi connectivity index (χ1n) is 12.8. The summed E-state index contributed by atoms with van der Waals surface area (Å²) in [7, 11) is 0. The van der Waals surface area contributed by atoms with E-state index >= 15 is 0 Å². The molecule has 2 heteroatoms. The molecule has 0 amide bonds. The fraction of sp³-hybridized carbons (Fsp3) is 0.484. The summed E-state index contributed by atoms with van der Waals surface area (Å²) < 4.78 is 0. The number of hydrogen-bond acceptors (Lipinski definition) is 2. The van der Waals surface area contributed by atoms with E-state index in [1.807, 2.05) is 0 Å². The van der Waals surface area contributed by atoms with Crippen LogP contribution < -0.4 is 5.73 Å². The summed E-state index contributed by atoms with van der Waals surface area (Å²) in [4.78, 5) is 2.61. The molecule has 1 aliphatic heterocycles. The molecule has 33 heavy (non-hydrogen) atoms. The molecule has 2 aliphatic rings. The molecule has 1 aromatic rings. The van der Waals surface area contributed by atoms with Crippen LogP contribution >= 0.6 is 0 Å². The molecule has 0 bridgehead atoms. The molecule has 0 spiro atoms. The highest BCUT2D eigenvalue weighted by Gasteiger charge is 2.24. The van der Waals surface area contributed by atoms with E-state index < -0.39 is 0 Å². The Balaban J connectivity index is 1.91. The number of hydrogen-bond donors (Lipinski definition) is 1. The van der Waals surface area contributed by atoms with Crippen molar-refractivity contribution in [3.05, 3.63) is 87.2 Å². The maximum atomic E-state index is 6.93. The quantitative estimate of drug-likeness (QED) is 0.460. The van der Waals surface area contributed by atoms with Gasteiger partial charge in [0.1, 0.15) is 0 Å². The third-order valence-corrected chi connectivity index (χ3v) is 7.01. The van der Waals surface area contributed by atoms with Crippen LogP contribution in [-0.4, -0.2) is 24.5 Å². The fourth-order valence-corrected chi connectivity index (χ4v) is 5.11. The zero-order valence-corrected chi connectivity index (χ0v) is 21.8. The van der Waals surface area contributed by atoms with E-state index in [1.165, 1.54) is 51.0 Å². The monoisotopic (exact) mass is 444 g/mol. The smallest absolute Gasteiger partial charge is 0.0426 e. The Morgan fingerprint density at radius 1 is 1.12 bits per heavy atom. The van der Waals surface area contributed by atoms with Gasteiger partial charge in [0.25, 0.3) is 0 Å². The topological polar surface area (TPSA) is 29.3 Å². The van der Waals surface area contributed by atoms with Crippen molar-refractivity contribution in [3.8, 4) is 0 Å². The van der Waals surface area contributed by atoms with Gasteiger partial charge < -0.3 is 5.73 Å². The van der Waals surface area contributed by atoms with E-state index in [-0.39, 0.29) is 0 Å². The molecule has 1 aromatic carbocycles. The van der Waals surface area contributed by atoms with E-state index in [4.69, 9.17) is 5.73 Å². The number of aryl methyl sites for hydroxylation is 2. The summed E-state index contributed by atoms with van der Waals surface area (Å²) in [6, 6.07) is 6.93. The van der Waals surface area contributed by atoms with Crippen molar-refractivity contribution in [3.63, 3.8) is 0 Å². The van der Waals surface area contributed by atoms with Gasteiger partial charge in [-0.1, -0.05) is 79.5 Å². The maximum absolute atomic E-state index is 6.93. The van der Waals surface area contributed by atoms with Gasteiger partial charge >= 0.3 is 0 Å². The standard InChI is InChI=1S/C31H44N2/c1-7-9-25(19-23(5)8-2)21-33-16-14-26(15-17-33)30-29-13-10-24(6)20-27(29)11-12-28(31(30)32)18-22(3)4/h7,9-10,13,18-20,23H,8,11-12,14-17,21,32H2,1-6H3/b9-7-,25-19+. The van der Waals surface area contributed by atoms with Crippen molar-refractivity contribution < 1.29 is 0 Å². The number of piperidine rings is 1. The van der Waals surface area contributed by atoms with Crippen LogP contribution in [0.4, 0.5) is 0 Å². The third-order valence-electron chi connectivity index (χ3n) is 7.01. The second-order valence-electron chi connectivity index (χ2n) is 10.2. The molecule has 2 nitrogen and oxygen atoms in total. The van der Waals surface area contributed by atoms with Gasteiger partial charge in [0.05, 0.1) is 0 Å². The van der Waals surface area contributed by atoms with E-state index in [0.717, 1.165) is 51.0 Å². The van der Waals surface area contributed by atoms with Crippen LogP contribution in [0.15, 0.2) is 70.5 Å². The molecular formula is C31H44N2. The summed E-state index contributed by atoms with van der Waals surface area (Å²) in [5.74, 6) is 0.628. The Kier molecular flexibility index (Phi) is 8.97. The maximum Gasteiger partial charge on any atom is 0.0426 e. The van der Waals surface area contributed by atoms with Crippen LogP contribution in [0, 0.1) is 12.8 Å². The molecule has 3 rings (SSSR count). The molecule has 1 saturated heterocycles. The van der Waals surface area contributed by atoms with E-state index in [9.17, 15) is 0 Å². The van der Waals surface area contributed by atoms with Crippen molar-refractivity contribution in [2.45, 2.75) is 73.6 Å². The van der Waals surface area contributed by atoms with Gasteiger partial charge in [-0.05, 0) is 81.6 Å². The summed E-state index contributed by atoms with van der Waals surface area (Å²) in [6.07, 6.45) is 14.7. The SMILES string of the molecule is C/C=C\C(=C/C(C)CC)CN1CCC(=C2C(N)=C(C=C(C)C)CCc3cc(C)ccc32)CC1. The van der Waals surface area contributed by atoms with Gasteiger partial charge in [-0.2, -0.15) is 0 Å². The van der Waals surface area contributed by atoms with E-state index in [1.54, 1.807) is 0 Å². The first kappa shape index (κ1) is 25.3. The van der Waals surface area contributed by atoms with Crippen LogP contribution in [0.2, 0.25) is 0 Å². The van der Waals surface area contributed by atoms with Crippen molar-refractivity contribution in [1.29, 1.82) is 0 Å². The molecule has 1 atom stereocenters. The highest BCUT2D eigenvalue weighted by Crippen LogP contribution is 2.38. The Hall–Kier alpha value is -2.32. The molecule has 0 radical (unpaired) electrons. The molecular weight excluding hydrogens is 400 g/mol. The van der Waals surface area contributed by atoms with E-state index in [2.05, 4.69) is 88.9 Å². The normalized spacial score (nSPS) is 19.0. The lowest BCUT2D eigenvalue weighted by Gasteiger charge is -2.31. The highest BCUT2D eigenvalue weighted by atomic mass is 15.1.